The maximum Gasteiger partial charge on any atom is 0.267 e. The largest absolute Gasteiger partial charge is 0.357 e. The van der Waals surface area contributed by atoms with Crippen LogP contribution >= 0.6 is 0 Å². The minimum absolute atomic E-state index is 0.0580. The molecule has 0 radical (unpaired) electrons. The zero-order valence-electron chi connectivity index (χ0n) is 9.81. The minimum Gasteiger partial charge on any atom is -0.357 e. The predicted octanol–water partition coefficient (Wildman–Crippen LogP) is 1.34. The van der Waals surface area contributed by atoms with Crippen molar-refractivity contribution in [1.29, 1.82) is 0 Å². The number of carbonyl (C=O) groups is 1. The van der Waals surface area contributed by atoms with Crippen molar-refractivity contribution in [2.45, 2.75) is 19.9 Å². The van der Waals surface area contributed by atoms with E-state index in [4.69, 9.17) is 0 Å². The van der Waals surface area contributed by atoms with Crippen molar-refractivity contribution in [3.05, 3.63) is 42.2 Å². The Balaban J connectivity index is 1.70. The molecule has 1 amide bonds. The van der Waals surface area contributed by atoms with Crippen molar-refractivity contribution in [3.8, 4) is 0 Å². The van der Waals surface area contributed by atoms with Gasteiger partial charge in [-0.25, -0.2) is 4.98 Å². The number of aromatic amines is 1. The van der Waals surface area contributed by atoms with Crippen molar-refractivity contribution in [2.75, 3.05) is 6.54 Å². The van der Waals surface area contributed by atoms with E-state index in [0.29, 0.717) is 12.2 Å². The Morgan fingerprint density at radius 3 is 3.12 bits per heavy atom. The first kappa shape index (κ1) is 11.4. The molecule has 5 nitrogen and oxygen atoms in total. The summed E-state index contributed by atoms with van der Waals surface area (Å²) in [7, 11) is 0. The molecule has 0 saturated heterocycles. The number of imidazole rings is 1. The van der Waals surface area contributed by atoms with E-state index < -0.39 is 0 Å². The summed E-state index contributed by atoms with van der Waals surface area (Å²) in [5.41, 5.74) is 0.601. The van der Waals surface area contributed by atoms with Crippen molar-refractivity contribution in [1.82, 2.24) is 19.9 Å². The fourth-order valence-corrected chi connectivity index (χ4v) is 1.66. The molecule has 0 aliphatic rings. The summed E-state index contributed by atoms with van der Waals surface area (Å²) >= 11 is 0. The lowest BCUT2D eigenvalue weighted by molar-refractivity contribution is 0.0948. The van der Waals surface area contributed by atoms with E-state index in [9.17, 15) is 4.79 Å². The molecule has 0 fully saturated rings. The monoisotopic (exact) mass is 232 g/mol. The molecule has 0 aliphatic carbocycles. The number of carbonyl (C=O) groups excluding carboxylic acids is 1. The summed E-state index contributed by atoms with van der Waals surface area (Å²) in [5.74, 6) is 0.943. The Hall–Kier alpha value is -2.04. The number of hydrogen-bond donors (Lipinski definition) is 2. The summed E-state index contributed by atoms with van der Waals surface area (Å²) in [6.07, 6.45) is 6.36. The molecular weight excluding hydrogens is 216 g/mol. The lowest BCUT2D eigenvalue weighted by Crippen LogP contribution is -2.25. The van der Waals surface area contributed by atoms with Gasteiger partial charge in [0.05, 0.1) is 0 Å². The second-order valence-corrected chi connectivity index (χ2v) is 3.86. The van der Waals surface area contributed by atoms with Crippen LogP contribution in [0, 0.1) is 6.92 Å². The van der Waals surface area contributed by atoms with E-state index in [0.717, 1.165) is 18.8 Å². The number of nitrogens with one attached hydrogen (secondary N) is 2. The van der Waals surface area contributed by atoms with Crippen LogP contribution in [0.3, 0.4) is 0 Å². The highest BCUT2D eigenvalue weighted by atomic mass is 16.1. The normalized spacial score (nSPS) is 10.4. The van der Waals surface area contributed by atoms with Gasteiger partial charge < -0.3 is 14.9 Å². The molecule has 0 unspecified atom stereocenters. The molecule has 0 atom stereocenters. The number of rotatable bonds is 5. The third-order valence-corrected chi connectivity index (χ3v) is 2.63. The number of H-pyrrole nitrogens is 1. The SMILES string of the molecule is Cc1nccn1CCCNC(=O)c1ccc[nH]1. The topological polar surface area (TPSA) is 62.7 Å². The molecule has 0 saturated carbocycles. The molecule has 0 bridgehead atoms. The molecule has 2 aromatic rings. The quantitative estimate of drug-likeness (QED) is 0.764. The van der Waals surface area contributed by atoms with Crippen molar-refractivity contribution >= 4 is 5.91 Å². The first-order valence-electron chi connectivity index (χ1n) is 5.66. The van der Waals surface area contributed by atoms with Gasteiger partial charge in [0, 0.05) is 31.7 Å². The summed E-state index contributed by atoms with van der Waals surface area (Å²) < 4.78 is 2.07. The minimum atomic E-state index is -0.0580. The lowest BCUT2D eigenvalue weighted by Gasteiger charge is -2.06. The van der Waals surface area contributed by atoms with Gasteiger partial charge in [0.25, 0.3) is 5.91 Å². The third kappa shape index (κ3) is 2.96. The summed E-state index contributed by atoms with van der Waals surface area (Å²) in [6.45, 7) is 3.50. The fourth-order valence-electron chi connectivity index (χ4n) is 1.66. The zero-order chi connectivity index (χ0) is 12.1. The van der Waals surface area contributed by atoms with Crippen molar-refractivity contribution < 1.29 is 4.79 Å². The highest BCUT2D eigenvalue weighted by molar-refractivity contribution is 5.92. The maximum atomic E-state index is 11.6. The van der Waals surface area contributed by atoms with Crippen LogP contribution in [0.5, 0.6) is 0 Å². The zero-order valence-corrected chi connectivity index (χ0v) is 9.81. The first-order chi connectivity index (χ1) is 8.27. The van der Waals surface area contributed by atoms with E-state index >= 15 is 0 Å². The van der Waals surface area contributed by atoms with Crippen LogP contribution < -0.4 is 5.32 Å². The Bertz CT molecular complexity index is 472. The van der Waals surface area contributed by atoms with Gasteiger partial charge >= 0.3 is 0 Å². The average molecular weight is 232 g/mol. The average Bonchev–Trinajstić information content (AvgIpc) is 2.96. The third-order valence-electron chi connectivity index (χ3n) is 2.63. The number of amides is 1. The van der Waals surface area contributed by atoms with Crippen LogP contribution in [-0.2, 0) is 6.54 Å². The van der Waals surface area contributed by atoms with Crippen LogP contribution in [0.25, 0.3) is 0 Å². The van der Waals surface area contributed by atoms with Gasteiger partial charge in [-0.2, -0.15) is 0 Å². The lowest BCUT2D eigenvalue weighted by atomic mass is 10.3. The second-order valence-electron chi connectivity index (χ2n) is 3.86. The standard InChI is InChI=1S/C12H16N4O/c1-10-13-7-9-16(10)8-3-6-15-12(17)11-4-2-5-14-11/h2,4-5,7,9,14H,3,6,8H2,1H3,(H,15,17). The van der Waals surface area contributed by atoms with Crippen LogP contribution in [0.4, 0.5) is 0 Å². The van der Waals surface area contributed by atoms with Crippen LogP contribution in [0.1, 0.15) is 22.7 Å². The van der Waals surface area contributed by atoms with Crippen LogP contribution in [-0.4, -0.2) is 27.0 Å². The molecule has 5 heteroatoms. The van der Waals surface area contributed by atoms with Crippen LogP contribution in [0.15, 0.2) is 30.7 Å². The first-order valence-corrected chi connectivity index (χ1v) is 5.66. The van der Waals surface area contributed by atoms with Gasteiger partial charge in [0.1, 0.15) is 11.5 Å². The summed E-state index contributed by atoms with van der Waals surface area (Å²) in [5, 5.41) is 2.86. The number of hydrogen-bond acceptors (Lipinski definition) is 2. The van der Waals surface area contributed by atoms with Gasteiger partial charge in [0.15, 0.2) is 0 Å². The summed E-state index contributed by atoms with van der Waals surface area (Å²) in [4.78, 5) is 18.6. The van der Waals surface area contributed by atoms with E-state index in [1.54, 1.807) is 18.5 Å². The Morgan fingerprint density at radius 2 is 2.47 bits per heavy atom. The molecule has 2 N–H and O–H groups in total. The van der Waals surface area contributed by atoms with E-state index in [2.05, 4.69) is 19.9 Å². The molecule has 2 aromatic heterocycles. The summed E-state index contributed by atoms with van der Waals surface area (Å²) in [6, 6.07) is 3.57. The van der Waals surface area contributed by atoms with Crippen molar-refractivity contribution in [3.63, 3.8) is 0 Å². The van der Waals surface area contributed by atoms with Gasteiger partial charge in [0.2, 0.25) is 0 Å². The Morgan fingerprint density at radius 1 is 1.59 bits per heavy atom. The number of nitrogens with zero attached hydrogens (tertiary/aromatic N) is 2. The van der Waals surface area contributed by atoms with Gasteiger partial charge in [-0.3, -0.25) is 4.79 Å². The maximum absolute atomic E-state index is 11.6. The van der Waals surface area contributed by atoms with E-state index in [1.165, 1.54) is 0 Å². The predicted molar refractivity (Wildman–Crippen MR) is 64.7 cm³/mol. The smallest absolute Gasteiger partial charge is 0.267 e. The molecule has 90 valence electrons. The molecule has 2 heterocycles. The van der Waals surface area contributed by atoms with E-state index in [1.807, 2.05) is 19.2 Å². The highest BCUT2D eigenvalue weighted by Gasteiger charge is 2.04. The Kier molecular flexibility index (Phi) is 3.59. The number of aromatic nitrogens is 3. The Labute approximate surface area is 99.9 Å². The number of aryl methyl sites for hydroxylation is 2. The molecule has 17 heavy (non-hydrogen) atoms. The van der Waals surface area contributed by atoms with Gasteiger partial charge in [-0.1, -0.05) is 0 Å². The highest BCUT2D eigenvalue weighted by Crippen LogP contribution is 1.97. The molecule has 2 rings (SSSR count). The van der Waals surface area contributed by atoms with Crippen molar-refractivity contribution in [2.24, 2.45) is 0 Å². The molecule has 0 spiro atoms. The molecular formula is C12H16N4O. The van der Waals surface area contributed by atoms with Gasteiger partial charge in [-0.05, 0) is 25.5 Å². The van der Waals surface area contributed by atoms with E-state index in [-0.39, 0.29) is 5.91 Å². The van der Waals surface area contributed by atoms with Crippen LogP contribution in [0.2, 0.25) is 0 Å². The molecule has 0 aliphatic heterocycles. The molecule has 0 aromatic carbocycles. The second kappa shape index (κ2) is 5.34. The fraction of sp³-hybridized carbons (Fsp3) is 0.333. The van der Waals surface area contributed by atoms with Gasteiger partial charge in [-0.15, -0.1) is 0 Å².